The van der Waals surface area contributed by atoms with Crippen molar-refractivity contribution in [3.05, 3.63) is 101 Å². The molecule has 1 saturated heterocycles. The lowest BCUT2D eigenvalue weighted by Crippen LogP contribution is -2.68. The van der Waals surface area contributed by atoms with Crippen molar-refractivity contribution in [2.75, 3.05) is 10.2 Å². The van der Waals surface area contributed by atoms with E-state index >= 15 is 0 Å². The molecule has 1 unspecified atom stereocenters. The number of carbonyl (C=O) groups is 2. The molecule has 1 atom stereocenters. The second-order valence-corrected chi connectivity index (χ2v) is 8.24. The molecule has 3 aromatic rings. The van der Waals surface area contributed by atoms with E-state index in [1.165, 1.54) is 0 Å². The highest BCUT2D eigenvalue weighted by atomic mass is 79.9. The summed E-state index contributed by atoms with van der Waals surface area (Å²) in [5, 5.41) is 3.03. The van der Waals surface area contributed by atoms with Crippen LogP contribution in [0, 0.1) is 6.92 Å². The van der Waals surface area contributed by atoms with E-state index in [-0.39, 0.29) is 18.2 Å². The van der Waals surface area contributed by atoms with Gasteiger partial charge in [0.2, 0.25) is 5.91 Å². The number of β-lactam (4-membered cyclic amide) rings is 1. The molecule has 4 rings (SSSR count). The number of halogens is 1. The van der Waals surface area contributed by atoms with Gasteiger partial charge in [0.25, 0.3) is 5.91 Å². The van der Waals surface area contributed by atoms with Crippen LogP contribution in [0.4, 0.5) is 11.4 Å². The third-order valence-electron chi connectivity index (χ3n) is 5.29. The largest absolute Gasteiger partial charge is 0.323 e. The molecule has 5 heteroatoms. The molecular formula is C25H21BrN2O2. The van der Waals surface area contributed by atoms with E-state index in [0.29, 0.717) is 5.69 Å². The Hall–Kier alpha value is -3.18. The van der Waals surface area contributed by atoms with Crippen LogP contribution < -0.4 is 10.2 Å². The molecule has 4 nitrogen and oxygen atoms in total. The number of nitrogens with zero attached hydrogens (tertiary/aromatic N) is 1. The highest BCUT2D eigenvalue weighted by Crippen LogP contribution is 2.40. The second-order valence-electron chi connectivity index (χ2n) is 7.32. The van der Waals surface area contributed by atoms with Crippen LogP contribution in [0.1, 0.15) is 17.5 Å². The summed E-state index contributed by atoms with van der Waals surface area (Å²) in [5.74, 6) is -0.318. The van der Waals surface area contributed by atoms with Gasteiger partial charge in [-0.3, -0.25) is 14.5 Å². The third kappa shape index (κ3) is 3.81. The van der Waals surface area contributed by atoms with Crippen molar-refractivity contribution in [2.24, 2.45) is 0 Å². The molecule has 1 aliphatic heterocycles. The number of rotatable bonds is 5. The van der Waals surface area contributed by atoms with Crippen LogP contribution in [0.25, 0.3) is 6.08 Å². The molecule has 150 valence electrons. The van der Waals surface area contributed by atoms with Crippen molar-refractivity contribution in [3.63, 3.8) is 0 Å². The van der Waals surface area contributed by atoms with Gasteiger partial charge in [0.1, 0.15) is 0 Å². The maximum absolute atomic E-state index is 13.5. The molecule has 0 saturated carbocycles. The zero-order chi connectivity index (χ0) is 21.1. The molecule has 0 aliphatic carbocycles. The van der Waals surface area contributed by atoms with E-state index in [4.69, 9.17) is 0 Å². The Bertz CT molecular complexity index is 1110. The predicted octanol–water partition coefficient (Wildman–Crippen LogP) is 5.59. The standard InChI is InChI=1S/C25H21BrN2O2/c1-18-7-5-6-10-22(18)27-24(30)25(16-15-19-8-3-2-4-9-19)17-23(29)28(25)21-13-11-20(26)12-14-21/h2-16H,17H2,1H3,(H,27,30). The normalized spacial score (nSPS) is 18.3. The molecule has 1 aliphatic rings. The van der Waals surface area contributed by atoms with Crippen molar-refractivity contribution < 1.29 is 9.59 Å². The van der Waals surface area contributed by atoms with E-state index in [1.807, 2.05) is 97.9 Å². The molecule has 0 aromatic heterocycles. The summed E-state index contributed by atoms with van der Waals surface area (Å²) in [6.45, 7) is 1.94. The maximum atomic E-state index is 13.5. The van der Waals surface area contributed by atoms with Gasteiger partial charge in [-0.2, -0.15) is 0 Å². The Labute approximate surface area is 184 Å². The highest BCUT2D eigenvalue weighted by molar-refractivity contribution is 9.10. The number of anilines is 2. The highest BCUT2D eigenvalue weighted by Gasteiger charge is 2.55. The second kappa shape index (κ2) is 8.28. The monoisotopic (exact) mass is 460 g/mol. The minimum absolute atomic E-state index is 0.0880. The number of hydrogen-bond acceptors (Lipinski definition) is 2. The number of para-hydroxylation sites is 1. The first-order valence-electron chi connectivity index (χ1n) is 9.70. The zero-order valence-corrected chi connectivity index (χ0v) is 18.1. The van der Waals surface area contributed by atoms with E-state index in [0.717, 1.165) is 21.3 Å². The Morgan fingerprint density at radius 1 is 1.00 bits per heavy atom. The van der Waals surface area contributed by atoms with Crippen molar-refractivity contribution in [1.82, 2.24) is 0 Å². The zero-order valence-electron chi connectivity index (χ0n) is 16.5. The molecule has 1 fully saturated rings. The Morgan fingerprint density at radius 3 is 2.33 bits per heavy atom. The number of amides is 2. The van der Waals surface area contributed by atoms with E-state index in [1.54, 1.807) is 4.90 Å². The van der Waals surface area contributed by atoms with Gasteiger partial charge >= 0.3 is 0 Å². The van der Waals surface area contributed by atoms with Crippen LogP contribution in [0.5, 0.6) is 0 Å². The summed E-state index contributed by atoms with van der Waals surface area (Å²) in [4.78, 5) is 27.8. The Balaban J connectivity index is 1.74. The minimum Gasteiger partial charge on any atom is -0.323 e. The molecule has 3 aromatic carbocycles. The van der Waals surface area contributed by atoms with Crippen molar-refractivity contribution in [3.8, 4) is 0 Å². The van der Waals surface area contributed by atoms with Gasteiger partial charge in [-0.1, -0.05) is 70.5 Å². The Morgan fingerprint density at radius 2 is 1.67 bits per heavy atom. The van der Waals surface area contributed by atoms with Crippen molar-refractivity contribution in [1.29, 1.82) is 0 Å². The molecule has 0 spiro atoms. The quantitative estimate of drug-likeness (QED) is 0.504. The predicted molar refractivity (Wildman–Crippen MR) is 124 cm³/mol. The van der Waals surface area contributed by atoms with Gasteiger partial charge in [0, 0.05) is 15.8 Å². The topological polar surface area (TPSA) is 49.4 Å². The fraction of sp³-hybridized carbons (Fsp3) is 0.120. The van der Waals surface area contributed by atoms with Crippen LogP contribution in [0.2, 0.25) is 0 Å². The van der Waals surface area contributed by atoms with E-state index < -0.39 is 5.54 Å². The molecule has 0 bridgehead atoms. The average Bonchev–Trinajstić information content (AvgIpc) is 2.74. The van der Waals surface area contributed by atoms with Crippen molar-refractivity contribution >= 4 is 45.2 Å². The van der Waals surface area contributed by atoms with Crippen LogP contribution in [-0.4, -0.2) is 17.4 Å². The summed E-state index contributed by atoms with van der Waals surface area (Å²) in [5.41, 5.74) is 2.27. The lowest BCUT2D eigenvalue weighted by Gasteiger charge is -2.48. The minimum atomic E-state index is -1.09. The van der Waals surface area contributed by atoms with Crippen LogP contribution >= 0.6 is 15.9 Å². The fourth-order valence-corrected chi connectivity index (χ4v) is 3.88. The summed E-state index contributed by atoms with van der Waals surface area (Å²) >= 11 is 3.42. The van der Waals surface area contributed by atoms with E-state index in [9.17, 15) is 9.59 Å². The molecule has 1 N–H and O–H groups in total. The van der Waals surface area contributed by atoms with Gasteiger partial charge in [-0.15, -0.1) is 0 Å². The number of nitrogens with one attached hydrogen (secondary N) is 1. The van der Waals surface area contributed by atoms with Gasteiger partial charge < -0.3 is 5.32 Å². The fourth-order valence-electron chi connectivity index (χ4n) is 3.62. The first-order valence-corrected chi connectivity index (χ1v) is 10.5. The van der Waals surface area contributed by atoms with E-state index in [2.05, 4.69) is 21.2 Å². The van der Waals surface area contributed by atoms with Gasteiger partial charge in [-0.25, -0.2) is 0 Å². The van der Waals surface area contributed by atoms with Crippen LogP contribution in [-0.2, 0) is 9.59 Å². The summed E-state index contributed by atoms with van der Waals surface area (Å²) in [7, 11) is 0. The van der Waals surface area contributed by atoms with Crippen LogP contribution in [0.15, 0.2) is 89.4 Å². The van der Waals surface area contributed by atoms with Crippen LogP contribution in [0.3, 0.4) is 0 Å². The third-order valence-corrected chi connectivity index (χ3v) is 5.82. The number of benzene rings is 3. The van der Waals surface area contributed by atoms with Gasteiger partial charge in [0.15, 0.2) is 5.54 Å². The summed E-state index contributed by atoms with van der Waals surface area (Å²) < 4.78 is 0.911. The smallest absolute Gasteiger partial charge is 0.255 e. The summed E-state index contributed by atoms with van der Waals surface area (Å²) in [6, 6.07) is 24.8. The molecule has 0 radical (unpaired) electrons. The molecule has 2 amide bonds. The molecule has 1 heterocycles. The average molecular weight is 461 g/mol. The first kappa shape index (κ1) is 20.1. The van der Waals surface area contributed by atoms with Crippen molar-refractivity contribution in [2.45, 2.75) is 18.9 Å². The maximum Gasteiger partial charge on any atom is 0.255 e. The number of aryl methyl sites for hydroxylation is 1. The summed E-state index contributed by atoms with van der Waals surface area (Å²) in [6.07, 6.45) is 3.85. The molecule has 30 heavy (non-hydrogen) atoms. The lowest BCUT2D eigenvalue weighted by molar-refractivity contribution is -0.134. The number of hydrogen-bond donors (Lipinski definition) is 1. The Kier molecular flexibility index (Phi) is 5.55. The molecular weight excluding hydrogens is 440 g/mol. The first-order chi connectivity index (χ1) is 14.5. The van der Waals surface area contributed by atoms with Gasteiger partial charge in [0.05, 0.1) is 6.42 Å². The number of carbonyl (C=O) groups excluding carboxylic acids is 2. The van der Waals surface area contributed by atoms with Gasteiger partial charge in [-0.05, 0) is 54.5 Å². The lowest BCUT2D eigenvalue weighted by atomic mass is 9.81. The SMILES string of the molecule is Cc1ccccc1NC(=O)C1(C=Cc2ccccc2)CC(=O)N1c1ccc(Br)cc1.